The maximum absolute atomic E-state index is 10.2. The molecule has 114 valence electrons. The Kier molecular flexibility index (Phi) is 2.33. The predicted octanol–water partition coefficient (Wildman–Crippen LogP) is 3.31. The minimum atomic E-state index is -1.41. The predicted molar refractivity (Wildman–Crippen MR) is 75.8 cm³/mol. The van der Waals surface area contributed by atoms with Gasteiger partial charge in [0.1, 0.15) is 5.60 Å². The van der Waals surface area contributed by atoms with Crippen molar-refractivity contribution in [3.05, 3.63) is 0 Å². The molecule has 3 heteroatoms. The quantitative estimate of drug-likeness (QED) is 0.740. The van der Waals surface area contributed by atoms with Crippen molar-refractivity contribution in [1.29, 1.82) is 0 Å². The summed E-state index contributed by atoms with van der Waals surface area (Å²) < 4.78 is 12.0. The Bertz CT molecular complexity index is 457. The number of ether oxygens (including phenoxy) is 2. The largest absolute Gasteiger partial charge is 0.344 e. The molecule has 3 aliphatic carbocycles. The molecule has 1 N–H and O–H groups in total. The Balaban J connectivity index is 1.82. The third kappa shape index (κ3) is 1.33. The lowest BCUT2D eigenvalue weighted by Crippen LogP contribution is -2.52. The zero-order valence-electron chi connectivity index (χ0n) is 13.4. The van der Waals surface area contributed by atoms with Crippen molar-refractivity contribution < 1.29 is 14.6 Å². The number of rotatable bonds is 0. The molecule has 1 unspecified atom stereocenters. The van der Waals surface area contributed by atoms with E-state index in [4.69, 9.17) is 9.47 Å². The second-order valence-electron chi connectivity index (χ2n) is 8.84. The van der Waals surface area contributed by atoms with Crippen LogP contribution in [0.1, 0.15) is 60.3 Å². The lowest BCUT2D eigenvalue weighted by Gasteiger charge is -2.46. The van der Waals surface area contributed by atoms with Crippen molar-refractivity contribution in [1.82, 2.24) is 0 Å². The fourth-order valence-electron chi connectivity index (χ4n) is 6.81. The Labute approximate surface area is 122 Å². The van der Waals surface area contributed by atoms with E-state index in [1.165, 1.54) is 19.3 Å². The van der Waals surface area contributed by atoms with Crippen LogP contribution in [0.15, 0.2) is 0 Å². The summed E-state index contributed by atoms with van der Waals surface area (Å²) in [4.78, 5) is 0. The van der Waals surface area contributed by atoms with E-state index in [2.05, 4.69) is 27.7 Å². The first kappa shape index (κ1) is 13.5. The van der Waals surface area contributed by atoms with Crippen molar-refractivity contribution >= 4 is 0 Å². The molecule has 4 fully saturated rings. The summed E-state index contributed by atoms with van der Waals surface area (Å²) in [7, 11) is 0. The summed E-state index contributed by atoms with van der Waals surface area (Å²) in [5.74, 6) is 0.633. The minimum absolute atomic E-state index is 0.0427. The molecule has 1 saturated heterocycles. The van der Waals surface area contributed by atoms with Crippen LogP contribution in [0.4, 0.5) is 0 Å². The number of fused-ring (bicyclic) bond motifs is 3. The highest BCUT2D eigenvalue weighted by Crippen LogP contribution is 2.75. The van der Waals surface area contributed by atoms with Gasteiger partial charge in [0.05, 0.1) is 6.10 Å². The Morgan fingerprint density at radius 3 is 2.40 bits per heavy atom. The maximum atomic E-state index is 10.2. The molecule has 1 spiro atoms. The van der Waals surface area contributed by atoms with E-state index in [1.54, 1.807) is 6.92 Å². The fourth-order valence-corrected chi connectivity index (χ4v) is 6.81. The molecule has 3 saturated carbocycles. The fraction of sp³-hybridized carbons (Fsp3) is 1.00. The average Bonchev–Trinajstić information content (AvgIpc) is 2.80. The topological polar surface area (TPSA) is 38.7 Å². The van der Waals surface area contributed by atoms with Crippen LogP contribution >= 0.6 is 0 Å². The molecule has 0 amide bonds. The van der Waals surface area contributed by atoms with E-state index in [1.807, 2.05) is 0 Å². The molecule has 0 radical (unpaired) electrons. The van der Waals surface area contributed by atoms with Gasteiger partial charge in [-0.2, -0.15) is 0 Å². The molecule has 2 bridgehead atoms. The molecule has 3 nitrogen and oxygen atoms in total. The number of hydrogen-bond donors (Lipinski definition) is 1. The lowest BCUT2D eigenvalue weighted by molar-refractivity contribution is -0.316. The summed E-state index contributed by atoms with van der Waals surface area (Å²) in [5, 5.41) is 10.2. The molecule has 4 rings (SSSR count). The molecule has 20 heavy (non-hydrogen) atoms. The first-order valence-corrected chi connectivity index (χ1v) is 8.22. The molecule has 4 aliphatic rings. The molecule has 1 heterocycles. The zero-order valence-corrected chi connectivity index (χ0v) is 13.4. The summed E-state index contributed by atoms with van der Waals surface area (Å²) >= 11 is 0. The van der Waals surface area contributed by atoms with Gasteiger partial charge < -0.3 is 14.6 Å². The Morgan fingerprint density at radius 1 is 1.00 bits per heavy atom. The van der Waals surface area contributed by atoms with Crippen molar-refractivity contribution in [2.75, 3.05) is 0 Å². The van der Waals surface area contributed by atoms with Crippen molar-refractivity contribution in [2.45, 2.75) is 78.0 Å². The third-order valence-corrected chi connectivity index (χ3v) is 7.61. The van der Waals surface area contributed by atoms with Crippen LogP contribution in [0.3, 0.4) is 0 Å². The van der Waals surface area contributed by atoms with E-state index in [9.17, 15) is 5.11 Å². The molecule has 0 aromatic carbocycles. The van der Waals surface area contributed by atoms with Crippen molar-refractivity contribution in [3.8, 4) is 0 Å². The van der Waals surface area contributed by atoms with Crippen LogP contribution in [0.25, 0.3) is 0 Å². The van der Waals surface area contributed by atoms with Gasteiger partial charge in [-0.25, -0.2) is 0 Å². The number of aliphatic hydroxyl groups is 1. The van der Waals surface area contributed by atoms with E-state index in [0.29, 0.717) is 11.3 Å². The van der Waals surface area contributed by atoms with Crippen LogP contribution in [0, 0.1) is 28.6 Å². The standard InChI is InChI=1S/C17H28O3/c1-10-6-7-11-14(2,3)12-8-17(10,11)9-13-15(12,4)20-16(5,18)19-13/h10-13,18H,6-9H2,1-5H3/t10-,11+,12-,13+,15-,16?,17-/m1/s1. The van der Waals surface area contributed by atoms with Crippen molar-refractivity contribution in [3.63, 3.8) is 0 Å². The average molecular weight is 280 g/mol. The van der Waals surface area contributed by atoms with Crippen LogP contribution < -0.4 is 0 Å². The smallest absolute Gasteiger partial charge is 0.278 e. The first-order valence-electron chi connectivity index (χ1n) is 8.22. The van der Waals surface area contributed by atoms with Gasteiger partial charge in [-0.1, -0.05) is 20.8 Å². The summed E-state index contributed by atoms with van der Waals surface area (Å²) in [6.07, 6.45) is 5.05. The van der Waals surface area contributed by atoms with E-state index >= 15 is 0 Å². The van der Waals surface area contributed by atoms with E-state index < -0.39 is 5.97 Å². The second-order valence-corrected chi connectivity index (χ2v) is 8.84. The summed E-state index contributed by atoms with van der Waals surface area (Å²) in [6, 6.07) is 0. The normalized spacial score (nSPS) is 63.3. The van der Waals surface area contributed by atoms with Gasteiger partial charge in [0, 0.05) is 6.92 Å². The first-order chi connectivity index (χ1) is 9.12. The van der Waals surface area contributed by atoms with E-state index in [0.717, 1.165) is 18.3 Å². The molecular formula is C17H28O3. The Hall–Kier alpha value is -0.120. The molecule has 0 aromatic heterocycles. The van der Waals surface area contributed by atoms with Crippen LogP contribution in [-0.4, -0.2) is 22.8 Å². The lowest BCUT2D eigenvalue weighted by atomic mass is 9.63. The number of hydrogen-bond acceptors (Lipinski definition) is 3. The maximum Gasteiger partial charge on any atom is 0.278 e. The van der Waals surface area contributed by atoms with Crippen LogP contribution in [-0.2, 0) is 9.47 Å². The zero-order chi connectivity index (χ0) is 14.6. The van der Waals surface area contributed by atoms with Crippen molar-refractivity contribution in [2.24, 2.45) is 28.6 Å². The summed E-state index contributed by atoms with van der Waals surface area (Å²) in [6.45, 7) is 11.1. The van der Waals surface area contributed by atoms with Gasteiger partial charge in [-0.15, -0.1) is 0 Å². The Morgan fingerprint density at radius 2 is 1.70 bits per heavy atom. The van der Waals surface area contributed by atoms with E-state index in [-0.39, 0.29) is 17.1 Å². The van der Waals surface area contributed by atoms with Gasteiger partial charge in [-0.05, 0) is 61.2 Å². The third-order valence-electron chi connectivity index (χ3n) is 7.61. The molecule has 0 aromatic rings. The van der Waals surface area contributed by atoms with Crippen LogP contribution in [0.2, 0.25) is 0 Å². The highest BCUT2D eigenvalue weighted by Gasteiger charge is 2.74. The van der Waals surface area contributed by atoms with Gasteiger partial charge >= 0.3 is 0 Å². The molecular weight excluding hydrogens is 252 g/mol. The molecule has 1 aliphatic heterocycles. The second kappa shape index (κ2) is 3.44. The van der Waals surface area contributed by atoms with Gasteiger partial charge in [0.25, 0.3) is 5.97 Å². The molecule has 7 atom stereocenters. The summed E-state index contributed by atoms with van der Waals surface area (Å²) in [5.41, 5.74) is 0.364. The monoisotopic (exact) mass is 280 g/mol. The highest BCUT2D eigenvalue weighted by atomic mass is 16.9. The van der Waals surface area contributed by atoms with Gasteiger partial charge in [0.2, 0.25) is 0 Å². The van der Waals surface area contributed by atoms with Gasteiger partial charge in [-0.3, -0.25) is 0 Å². The highest BCUT2D eigenvalue weighted by molar-refractivity contribution is 5.21. The van der Waals surface area contributed by atoms with Gasteiger partial charge in [0.15, 0.2) is 0 Å². The SMILES string of the molecule is C[C@@H]1CC[C@H]2C(C)(C)[C@H]3C[C@@]12C[C@@H]1OC(C)(O)O[C@@]13C. The minimum Gasteiger partial charge on any atom is -0.344 e. The van der Waals surface area contributed by atoms with Crippen LogP contribution in [0.5, 0.6) is 0 Å².